The van der Waals surface area contributed by atoms with Crippen molar-refractivity contribution in [2.75, 3.05) is 6.61 Å². The molecule has 2 aromatic rings. The van der Waals surface area contributed by atoms with Crippen molar-refractivity contribution in [2.24, 2.45) is 0 Å². The average molecular weight is 361 g/mol. The molecule has 2 aromatic carbocycles. The van der Waals surface area contributed by atoms with Crippen LogP contribution in [0.4, 0.5) is 0 Å². The molecule has 2 rings (SSSR count). The van der Waals surface area contributed by atoms with E-state index >= 15 is 0 Å². The first-order valence-electron chi connectivity index (χ1n) is 7.11. The van der Waals surface area contributed by atoms with E-state index in [-0.39, 0.29) is 17.4 Å². The van der Waals surface area contributed by atoms with Gasteiger partial charge in [-0.05, 0) is 29.7 Å². The van der Waals surface area contributed by atoms with Crippen molar-refractivity contribution in [1.29, 1.82) is 0 Å². The minimum Gasteiger partial charge on any atom is -0.461 e. The molecule has 0 unspecified atom stereocenters. The zero-order chi connectivity index (χ0) is 15.8. The lowest BCUT2D eigenvalue weighted by molar-refractivity contribution is -0.107. The zero-order valence-corrected chi connectivity index (χ0v) is 13.7. The number of alkyl halides is 1. The summed E-state index contributed by atoms with van der Waals surface area (Å²) in [5, 5.41) is 0. The van der Waals surface area contributed by atoms with E-state index in [4.69, 9.17) is 4.74 Å². The van der Waals surface area contributed by atoms with Gasteiger partial charge in [0.25, 0.3) is 0 Å². The van der Waals surface area contributed by atoms with Gasteiger partial charge in [-0.3, -0.25) is 0 Å². The third kappa shape index (κ3) is 4.81. The highest BCUT2D eigenvalue weighted by Gasteiger charge is 2.11. The molecule has 0 aliphatic carbocycles. The summed E-state index contributed by atoms with van der Waals surface area (Å²) in [6.45, 7) is 0.257. The van der Waals surface area contributed by atoms with Gasteiger partial charge in [0.1, 0.15) is 12.9 Å². The van der Waals surface area contributed by atoms with Crippen molar-refractivity contribution in [3.8, 4) is 11.1 Å². The number of hydrogen-bond acceptors (Lipinski definition) is 3. The van der Waals surface area contributed by atoms with Crippen molar-refractivity contribution < 1.29 is 14.3 Å². The monoisotopic (exact) mass is 360 g/mol. The summed E-state index contributed by atoms with van der Waals surface area (Å²) in [5.74, 6) is -0.352. The van der Waals surface area contributed by atoms with E-state index in [0.29, 0.717) is 18.4 Å². The molecule has 0 saturated carbocycles. The summed E-state index contributed by atoms with van der Waals surface area (Å²) in [7, 11) is 0. The molecule has 0 bridgehead atoms. The highest BCUT2D eigenvalue weighted by atomic mass is 79.9. The molecule has 0 aliphatic rings. The van der Waals surface area contributed by atoms with Gasteiger partial charge in [-0.1, -0.05) is 58.4 Å². The second-order valence-electron chi connectivity index (χ2n) is 4.88. The Bertz CT molecular complexity index is 608. The van der Waals surface area contributed by atoms with Crippen LogP contribution in [-0.4, -0.2) is 23.7 Å². The Labute approximate surface area is 138 Å². The standard InChI is InChI=1S/C18H17BrO3/c19-17(7-4-12-20)13-22-18(21)16-10-8-15(9-11-16)14-5-2-1-3-6-14/h1-3,5-6,8-12,17H,4,7,13H2/t17-/m1/s1. The molecule has 0 aromatic heterocycles. The van der Waals surface area contributed by atoms with Crippen molar-refractivity contribution >= 4 is 28.2 Å². The number of hydrogen-bond donors (Lipinski definition) is 0. The zero-order valence-electron chi connectivity index (χ0n) is 12.1. The van der Waals surface area contributed by atoms with Crippen LogP contribution in [0.1, 0.15) is 23.2 Å². The third-order valence-electron chi connectivity index (χ3n) is 3.22. The van der Waals surface area contributed by atoms with Crippen LogP contribution in [0.5, 0.6) is 0 Å². The Kier molecular flexibility index (Phi) is 6.34. The van der Waals surface area contributed by atoms with E-state index in [2.05, 4.69) is 15.9 Å². The van der Waals surface area contributed by atoms with E-state index in [1.165, 1.54) is 0 Å². The Hall–Kier alpha value is -1.94. The van der Waals surface area contributed by atoms with Crippen LogP contribution in [-0.2, 0) is 9.53 Å². The summed E-state index contributed by atoms with van der Waals surface area (Å²) < 4.78 is 5.23. The maximum Gasteiger partial charge on any atom is 0.338 e. The van der Waals surface area contributed by atoms with Gasteiger partial charge in [0.2, 0.25) is 0 Å². The summed E-state index contributed by atoms with van der Waals surface area (Å²) >= 11 is 3.39. The van der Waals surface area contributed by atoms with Crippen LogP contribution in [0.25, 0.3) is 11.1 Å². The number of carbonyl (C=O) groups excluding carboxylic acids is 2. The number of carbonyl (C=O) groups is 2. The van der Waals surface area contributed by atoms with Gasteiger partial charge in [-0.2, -0.15) is 0 Å². The molecule has 1 atom stereocenters. The molecule has 22 heavy (non-hydrogen) atoms. The fourth-order valence-corrected chi connectivity index (χ4v) is 2.41. The van der Waals surface area contributed by atoms with Crippen LogP contribution in [0.2, 0.25) is 0 Å². The minimum absolute atomic E-state index is 0.00485. The second kappa shape index (κ2) is 8.49. The lowest BCUT2D eigenvalue weighted by Crippen LogP contribution is -2.14. The fraction of sp³-hybridized carbons (Fsp3) is 0.222. The van der Waals surface area contributed by atoms with Gasteiger partial charge < -0.3 is 9.53 Å². The summed E-state index contributed by atoms with van der Waals surface area (Å²) in [6, 6.07) is 17.3. The van der Waals surface area contributed by atoms with Crippen LogP contribution in [0.15, 0.2) is 54.6 Å². The average Bonchev–Trinajstić information content (AvgIpc) is 2.58. The third-order valence-corrected chi connectivity index (χ3v) is 3.94. The van der Waals surface area contributed by atoms with Gasteiger partial charge in [0, 0.05) is 11.2 Å². The van der Waals surface area contributed by atoms with E-state index in [1.54, 1.807) is 12.1 Å². The van der Waals surface area contributed by atoms with Gasteiger partial charge in [0.15, 0.2) is 0 Å². The largest absolute Gasteiger partial charge is 0.461 e. The number of rotatable bonds is 7. The Morgan fingerprint density at radius 1 is 1.05 bits per heavy atom. The number of esters is 1. The molecule has 0 saturated heterocycles. The summed E-state index contributed by atoms with van der Waals surface area (Å²) in [4.78, 5) is 22.3. The smallest absolute Gasteiger partial charge is 0.338 e. The maximum absolute atomic E-state index is 12.0. The number of benzene rings is 2. The highest BCUT2D eigenvalue weighted by Crippen LogP contribution is 2.19. The Balaban J connectivity index is 1.92. The first-order valence-corrected chi connectivity index (χ1v) is 8.02. The molecular weight excluding hydrogens is 344 g/mol. The molecule has 0 radical (unpaired) electrons. The summed E-state index contributed by atoms with van der Waals surface area (Å²) in [6.07, 6.45) is 1.97. The molecule has 0 fully saturated rings. The molecule has 3 nitrogen and oxygen atoms in total. The van der Waals surface area contributed by atoms with Crippen LogP contribution in [0.3, 0.4) is 0 Å². The van der Waals surface area contributed by atoms with E-state index < -0.39 is 0 Å². The predicted molar refractivity (Wildman–Crippen MR) is 90.2 cm³/mol. The predicted octanol–water partition coefficient (Wildman–Crippen LogP) is 4.25. The maximum atomic E-state index is 12.0. The Morgan fingerprint density at radius 2 is 1.68 bits per heavy atom. The number of aldehydes is 1. The van der Waals surface area contributed by atoms with Crippen molar-refractivity contribution in [2.45, 2.75) is 17.7 Å². The first-order chi connectivity index (χ1) is 10.7. The van der Waals surface area contributed by atoms with E-state index in [1.807, 2.05) is 42.5 Å². The minimum atomic E-state index is -0.352. The molecule has 0 spiro atoms. The lowest BCUT2D eigenvalue weighted by Gasteiger charge is -2.09. The van der Waals surface area contributed by atoms with Crippen LogP contribution in [0, 0.1) is 0 Å². The first kappa shape index (κ1) is 16.4. The molecule has 0 amide bonds. The van der Waals surface area contributed by atoms with E-state index in [9.17, 15) is 9.59 Å². The van der Waals surface area contributed by atoms with Gasteiger partial charge >= 0.3 is 5.97 Å². The normalized spacial score (nSPS) is 11.7. The van der Waals surface area contributed by atoms with Crippen molar-refractivity contribution in [1.82, 2.24) is 0 Å². The fourth-order valence-electron chi connectivity index (χ4n) is 2.01. The molecule has 0 aliphatic heterocycles. The lowest BCUT2D eigenvalue weighted by atomic mass is 10.0. The Morgan fingerprint density at radius 3 is 2.32 bits per heavy atom. The quantitative estimate of drug-likeness (QED) is 0.421. The van der Waals surface area contributed by atoms with Crippen LogP contribution >= 0.6 is 15.9 Å². The van der Waals surface area contributed by atoms with Gasteiger partial charge in [-0.25, -0.2) is 4.79 Å². The highest BCUT2D eigenvalue weighted by molar-refractivity contribution is 9.09. The van der Waals surface area contributed by atoms with Gasteiger partial charge in [-0.15, -0.1) is 0 Å². The molecule has 0 heterocycles. The molecule has 0 N–H and O–H groups in total. The molecule has 114 valence electrons. The topological polar surface area (TPSA) is 43.4 Å². The SMILES string of the molecule is O=CCC[C@@H](Br)COC(=O)c1ccc(-c2ccccc2)cc1. The van der Waals surface area contributed by atoms with Crippen molar-refractivity contribution in [3.05, 3.63) is 60.2 Å². The van der Waals surface area contributed by atoms with Crippen molar-refractivity contribution in [3.63, 3.8) is 0 Å². The van der Waals surface area contributed by atoms with E-state index in [0.717, 1.165) is 17.4 Å². The van der Waals surface area contributed by atoms with Crippen LogP contribution < -0.4 is 0 Å². The molecule has 4 heteroatoms. The number of ether oxygens (including phenoxy) is 1. The second-order valence-corrected chi connectivity index (χ2v) is 6.18. The summed E-state index contributed by atoms with van der Waals surface area (Å²) in [5.41, 5.74) is 2.69. The molecular formula is C18H17BrO3. The number of halogens is 1. The van der Waals surface area contributed by atoms with Gasteiger partial charge in [0.05, 0.1) is 5.56 Å².